The first-order valence-corrected chi connectivity index (χ1v) is 7.43. The summed E-state index contributed by atoms with van der Waals surface area (Å²) in [5, 5.41) is 22.2. The van der Waals surface area contributed by atoms with Crippen molar-refractivity contribution in [3.63, 3.8) is 0 Å². The van der Waals surface area contributed by atoms with E-state index in [1.165, 1.54) is 0 Å². The highest BCUT2D eigenvalue weighted by Gasteiger charge is 2.13. The van der Waals surface area contributed by atoms with Crippen molar-refractivity contribution in [2.45, 2.75) is 56.5 Å². The standard InChI is InChI=1S/C15H22N2OS/c1-10(2)17-9-13-5-6-15(14(7-13)8-16)19-12(4)11(3)18/h5-7,10-12,17-18H,9H2,1-4H3. The minimum atomic E-state index is -0.390. The van der Waals surface area contributed by atoms with Crippen LogP contribution in [0.3, 0.4) is 0 Å². The van der Waals surface area contributed by atoms with E-state index in [4.69, 9.17) is 0 Å². The first-order chi connectivity index (χ1) is 8.93. The van der Waals surface area contributed by atoms with Gasteiger partial charge in [0.1, 0.15) is 6.07 Å². The molecule has 0 fully saturated rings. The third kappa shape index (κ3) is 5.23. The fraction of sp³-hybridized carbons (Fsp3) is 0.533. The van der Waals surface area contributed by atoms with Gasteiger partial charge in [-0.1, -0.05) is 26.8 Å². The molecule has 0 spiro atoms. The lowest BCUT2D eigenvalue weighted by Gasteiger charge is -2.15. The lowest BCUT2D eigenvalue weighted by Crippen LogP contribution is -2.21. The van der Waals surface area contributed by atoms with Crippen molar-refractivity contribution in [3.05, 3.63) is 29.3 Å². The summed E-state index contributed by atoms with van der Waals surface area (Å²) in [7, 11) is 0. The molecule has 2 atom stereocenters. The second-order valence-electron chi connectivity index (χ2n) is 5.04. The Morgan fingerprint density at radius 1 is 1.32 bits per heavy atom. The summed E-state index contributed by atoms with van der Waals surface area (Å²) in [5.41, 5.74) is 1.79. The molecule has 0 aliphatic carbocycles. The molecule has 0 aliphatic heterocycles. The predicted molar refractivity (Wildman–Crippen MR) is 80.1 cm³/mol. The molecule has 0 heterocycles. The maximum atomic E-state index is 9.53. The number of rotatable bonds is 6. The molecule has 1 rings (SSSR count). The molecule has 0 saturated heterocycles. The van der Waals surface area contributed by atoms with E-state index in [-0.39, 0.29) is 11.4 Å². The summed E-state index contributed by atoms with van der Waals surface area (Å²) in [5.74, 6) is 0. The van der Waals surface area contributed by atoms with Gasteiger partial charge in [0.15, 0.2) is 0 Å². The summed E-state index contributed by atoms with van der Waals surface area (Å²) < 4.78 is 0. The number of aliphatic hydroxyl groups excluding tert-OH is 1. The van der Waals surface area contributed by atoms with Crippen molar-refractivity contribution in [3.8, 4) is 6.07 Å². The minimum absolute atomic E-state index is 0.0757. The molecule has 1 aromatic rings. The van der Waals surface area contributed by atoms with E-state index in [0.29, 0.717) is 11.6 Å². The van der Waals surface area contributed by atoms with Gasteiger partial charge in [0.05, 0.1) is 11.7 Å². The van der Waals surface area contributed by atoms with Gasteiger partial charge in [0.2, 0.25) is 0 Å². The van der Waals surface area contributed by atoms with Crippen LogP contribution in [-0.2, 0) is 6.54 Å². The monoisotopic (exact) mass is 278 g/mol. The first kappa shape index (κ1) is 16.0. The SMILES string of the molecule is CC(C)NCc1ccc(SC(C)C(C)O)c(C#N)c1. The summed E-state index contributed by atoms with van der Waals surface area (Å²) in [6, 6.07) is 8.59. The zero-order valence-corrected chi connectivity index (χ0v) is 12.8. The van der Waals surface area contributed by atoms with E-state index in [9.17, 15) is 10.4 Å². The molecule has 0 aromatic heterocycles. The number of thioether (sulfide) groups is 1. The summed E-state index contributed by atoms with van der Waals surface area (Å²) >= 11 is 1.54. The molecule has 0 saturated carbocycles. The molecular weight excluding hydrogens is 256 g/mol. The Hall–Kier alpha value is -1.02. The van der Waals surface area contributed by atoms with Gasteiger partial charge >= 0.3 is 0 Å². The zero-order chi connectivity index (χ0) is 14.4. The minimum Gasteiger partial charge on any atom is -0.392 e. The number of aliphatic hydroxyl groups is 1. The average Bonchev–Trinajstić information content (AvgIpc) is 2.37. The first-order valence-electron chi connectivity index (χ1n) is 6.55. The number of hydrogen-bond donors (Lipinski definition) is 2. The van der Waals surface area contributed by atoms with Crippen LogP contribution in [0.5, 0.6) is 0 Å². The number of nitrogens with one attached hydrogen (secondary N) is 1. The van der Waals surface area contributed by atoms with E-state index >= 15 is 0 Å². The van der Waals surface area contributed by atoms with Gasteiger partial charge in [-0.05, 0) is 24.6 Å². The Morgan fingerprint density at radius 2 is 2.00 bits per heavy atom. The normalized spacial score (nSPS) is 14.2. The average molecular weight is 278 g/mol. The fourth-order valence-electron chi connectivity index (χ4n) is 1.50. The molecule has 4 heteroatoms. The van der Waals surface area contributed by atoms with Crippen LogP contribution in [-0.4, -0.2) is 22.5 Å². The lowest BCUT2D eigenvalue weighted by atomic mass is 10.1. The summed E-state index contributed by atoms with van der Waals surface area (Å²) in [4.78, 5) is 0.934. The van der Waals surface area contributed by atoms with Crippen LogP contribution in [0.4, 0.5) is 0 Å². The molecule has 3 nitrogen and oxygen atoms in total. The van der Waals surface area contributed by atoms with Crippen LogP contribution in [0.15, 0.2) is 23.1 Å². The van der Waals surface area contributed by atoms with E-state index in [1.807, 2.05) is 25.1 Å². The smallest absolute Gasteiger partial charge is 0.100 e. The molecule has 0 bridgehead atoms. The third-order valence-electron chi connectivity index (χ3n) is 2.87. The Kier molecular flexibility index (Phi) is 6.36. The molecular formula is C15H22N2OS. The van der Waals surface area contributed by atoms with Crippen molar-refractivity contribution < 1.29 is 5.11 Å². The van der Waals surface area contributed by atoms with Gasteiger partial charge in [-0.2, -0.15) is 5.26 Å². The Labute approximate surface area is 120 Å². The maximum absolute atomic E-state index is 9.53. The molecule has 104 valence electrons. The van der Waals surface area contributed by atoms with Crippen LogP contribution in [0.2, 0.25) is 0 Å². The summed E-state index contributed by atoms with van der Waals surface area (Å²) in [6.07, 6.45) is -0.390. The topological polar surface area (TPSA) is 56.0 Å². The van der Waals surface area contributed by atoms with Gasteiger partial charge in [-0.3, -0.25) is 0 Å². The highest BCUT2D eigenvalue weighted by molar-refractivity contribution is 8.00. The van der Waals surface area contributed by atoms with E-state index < -0.39 is 0 Å². The number of benzene rings is 1. The summed E-state index contributed by atoms with van der Waals surface area (Å²) in [6.45, 7) is 8.69. The van der Waals surface area contributed by atoms with Crippen LogP contribution < -0.4 is 5.32 Å². The van der Waals surface area contributed by atoms with Crippen molar-refractivity contribution >= 4 is 11.8 Å². The van der Waals surface area contributed by atoms with Crippen LogP contribution >= 0.6 is 11.8 Å². The number of nitrogens with zero attached hydrogens (tertiary/aromatic N) is 1. The molecule has 2 N–H and O–H groups in total. The van der Waals surface area contributed by atoms with Gasteiger partial charge in [0.25, 0.3) is 0 Å². The van der Waals surface area contributed by atoms with Crippen molar-refractivity contribution in [1.29, 1.82) is 5.26 Å². The van der Waals surface area contributed by atoms with E-state index in [1.54, 1.807) is 18.7 Å². The third-order valence-corrected chi connectivity index (χ3v) is 4.25. The van der Waals surface area contributed by atoms with E-state index in [2.05, 4.69) is 25.2 Å². The Bertz CT molecular complexity index is 452. The number of nitriles is 1. The maximum Gasteiger partial charge on any atom is 0.100 e. The number of hydrogen-bond acceptors (Lipinski definition) is 4. The highest BCUT2D eigenvalue weighted by Crippen LogP contribution is 2.28. The van der Waals surface area contributed by atoms with Crippen LogP contribution in [0.25, 0.3) is 0 Å². The fourth-order valence-corrected chi connectivity index (χ4v) is 2.47. The highest BCUT2D eigenvalue weighted by atomic mass is 32.2. The van der Waals surface area contributed by atoms with E-state index in [0.717, 1.165) is 17.0 Å². The molecule has 0 amide bonds. The second kappa shape index (κ2) is 7.54. The van der Waals surface area contributed by atoms with Crippen molar-refractivity contribution in [2.75, 3.05) is 0 Å². The second-order valence-corrected chi connectivity index (χ2v) is 6.46. The zero-order valence-electron chi connectivity index (χ0n) is 12.0. The Morgan fingerprint density at radius 3 is 2.53 bits per heavy atom. The molecule has 0 radical (unpaired) electrons. The molecule has 0 aliphatic rings. The Balaban J connectivity index is 2.82. The van der Waals surface area contributed by atoms with Crippen molar-refractivity contribution in [2.24, 2.45) is 0 Å². The predicted octanol–water partition coefficient (Wildman–Crippen LogP) is 2.92. The van der Waals surface area contributed by atoms with Gasteiger partial charge in [0, 0.05) is 22.7 Å². The molecule has 19 heavy (non-hydrogen) atoms. The molecule has 1 aromatic carbocycles. The van der Waals surface area contributed by atoms with Crippen molar-refractivity contribution in [1.82, 2.24) is 5.32 Å². The van der Waals surface area contributed by atoms with Crippen LogP contribution in [0.1, 0.15) is 38.8 Å². The largest absolute Gasteiger partial charge is 0.392 e. The van der Waals surface area contributed by atoms with Gasteiger partial charge in [-0.25, -0.2) is 0 Å². The van der Waals surface area contributed by atoms with Gasteiger partial charge < -0.3 is 10.4 Å². The molecule has 2 unspecified atom stereocenters. The lowest BCUT2D eigenvalue weighted by molar-refractivity contribution is 0.196. The quantitative estimate of drug-likeness (QED) is 0.786. The van der Waals surface area contributed by atoms with Gasteiger partial charge in [-0.15, -0.1) is 11.8 Å². The van der Waals surface area contributed by atoms with Crippen LogP contribution in [0, 0.1) is 11.3 Å².